The highest BCUT2D eigenvalue weighted by atomic mass is 16.6. The smallest absolute Gasteiger partial charge is 0.371 e. The molecule has 4 nitrogen and oxygen atoms in total. The van der Waals surface area contributed by atoms with Gasteiger partial charge in [0.05, 0.1) is 6.10 Å². The van der Waals surface area contributed by atoms with Gasteiger partial charge >= 0.3 is 5.97 Å². The van der Waals surface area contributed by atoms with Gasteiger partial charge in [0.1, 0.15) is 5.60 Å². The van der Waals surface area contributed by atoms with Crippen LogP contribution in [0.3, 0.4) is 0 Å². The lowest BCUT2D eigenvalue weighted by Gasteiger charge is -2.41. The van der Waals surface area contributed by atoms with Crippen molar-refractivity contribution in [2.45, 2.75) is 51.7 Å². The molecule has 0 aromatic heterocycles. The van der Waals surface area contributed by atoms with Crippen LogP contribution in [0.1, 0.15) is 40.0 Å². The molecule has 1 fully saturated rings. The van der Waals surface area contributed by atoms with E-state index in [4.69, 9.17) is 4.74 Å². The summed E-state index contributed by atoms with van der Waals surface area (Å²) in [6, 6.07) is 0. The topological polar surface area (TPSA) is 63.6 Å². The summed E-state index contributed by atoms with van der Waals surface area (Å²) in [5, 5.41) is 9.98. The lowest BCUT2D eigenvalue weighted by molar-refractivity contribution is -0.169. The molecule has 0 aromatic rings. The quantitative estimate of drug-likeness (QED) is 0.449. The lowest BCUT2D eigenvalue weighted by Crippen LogP contribution is -2.44. The fraction of sp³-hybridized carbons (Fsp3) is 0.833. The van der Waals surface area contributed by atoms with Gasteiger partial charge in [0, 0.05) is 6.42 Å². The fourth-order valence-corrected chi connectivity index (χ4v) is 2.50. The molecule has 0 amide bonds. The van der Waals surface area contributed by atoms with Gasteiger partial charge in [0.2, 0.25) is 6.29 Å². The molecule has 1 N–H and O–H groups in total. The molecule has 0 spiro atoms. The Labute approximate surface area is 96.0 Å². The zero-order valence-electron chi connectivity index (χ0n) is 10.1. The van der Waals surface area contributed by atoms with Crippen molar-refractivity contribution in [2.75, 3.05) is 0 Å². The van der Waals surface area contributed by atoms with Crippen molar-refractivity contribution in [3.05, 3.63) is 0 Å². The van der Waals surface area contributed by atoms with Gasteiger partial charge in [-0.05, 0) is 31.6 Å². The first-order valence-corrected chi connectivity index (χ1v) is 5.74. The third-order valence-corrected chi connectivity index (χ3v) is 3.44. The van der Waals surface area contributed by atoms with E-state index in [1.165, 1.54) is 0 Å². The number of aldehydes is 1. The summed E-state index contributed by atoms with van der Waals surface area (Å²) in [7, 11) is 0. The number of hydrogen-bond acceptors (Lipinski definition) is 4. The summed E-state index contributed by atoms with van der Waals surface area (Å²) >= 11 is 0. The molecule has 0 aliphatic heterocycles. The number of carbonyl (C=O) groups excluding carboxylic acids is 2. The third-order valence-electron chi connectivity index (χ3n) is 3.44. The average molecular weight is 228 g/mol. The lowest BCUT2D eigenvalue weighted by atomic mass is 9.73. The first-order chi connectivity index (χ1) is 7.38. The van der Waals surface area contributed by atoms with Crippen molar-refractivity contribution < 1.29 is 19.4 Å². The molecule has 1 aliphatic rings. The Hall–Kier alpha value is -0.900. The molecular weight excluding hydrogens is 208 g/mol. The number of hydrogen-bond donors (Lipinski definition) is 1. The molecule has 3 atom stereocenters. The van der Waals surface area contributed by atoms with Gasteiger partial charge in [-0.25, -0.2) is 4.79 Å². The zero-order valence-corrected chi connectivity index (χ0v) is 10.1. The van der Waals surface area contributed by atoms with Crippen LogP contribution in [0.25, 0.3) is 0 Å². The SMILES string of the molecule is CC(C)[C@@H]1CC[C@@](C)(OC(=O)C=O)C[C@H]1O. The van der Waals surface area contributed by atoms with Crippen molar-refractivity contribution in [3.8, 4) is 0 Å². The first-order valence-electron chi connectivity index (χ1n) is 5.74. The Morgan fingerprint density at radius 1 is 1.56 bits per heavy atom. The van der Waals surface area contributed by atoms with Crippen LogP contribution in [0.15, 0.2) is 0 Å². The van der Waals surface area contributed by atoms with Gasteiger partial charge in [-0.1, -0.05) is 13.8 Å². The van der Waals surface area contributed by atoms with E-state index in [2.05, 4.69) is 13.8 Å². The molecule has 0 aromatic carbocycles. The van der Waals surface area contributed by atoms with Crippen molar-refractivity contribution in [1.82, 2.24) is 0 Å². The van der Waals surface area contributed by atoms with E-state index < -0.39 is 17.7 Å². The Morgan fingerprint density at radius 2 is 2.19 bits per heavy atom. The summed E-state index contributed by atoms with van der Waals surface area (Å²) in [6.45, 7) is 5.93. The van der Waals surface area contributed by atoms with Crippen molar-refractivity contribution >= 4 is 12.3 Å². The summed E-state index contributed by atoms with van der Waals surface area (Å²) < 4.78 is 5.06. The van der Waals surface area contributed by atoms with Crippen molar-refractivity contribution in [3.63, 3.8) is 0 Å². The number of ether oxygens (including phenoxy) is 1. The Bertz CT molecular complexity index is 274. The molecule has 0 bridgehead atoms. The molecule has 16 heavy (non-hydrogen) atoms. The second-order valence-electron chi connectivity index (χ2n) is 5.21. The summed E-state index contributed by atoms with van der Waals surface area (Å²) in [6.07, 6.45) is 1.65. The second-order valence-corrected chi connectivity index (χ2v) is 5.21. The maximum atomic E-state index is 10.9. The molecule has 0 unspecified atom stereocenters. The monoisotopic (exact) mass is 228 g/mol. The van der Waals surface area contributed by atoms with Crippen LogP contribution in [0, 0.1) is 11.8 Å². The van der Waals surface area contributed by atoms with Gasteiger partial charge in [-0.15, -0.1) is 0 Å². The average Bonchev–Trinajstić information content (AvgIpc) is 2.16. The zero-order chi connectivity index (χ0) is 12.3. The van der Waals surface area contributed by atoms with Crippen LogP contribution in [-0.4, -0.2) is 29.1 Å². The van der Waals surface area contributed by atoms with E-state index >= 15 is 0 Å². The first kappa shape index (κ1) is 13.2. The van der Waals surface area contributed by atoms with E-state index in [0.717, 1.165) is 6.42 Å². The molecule has 0 radical (unpaired) electrons. The number of carbonyl (C=O) groups is 2. The molecule has 0 heterocycles. The molecule has 92 valence electrons. The summed E-state index contributed by atoms with van der Waals surface area (Å²) in [5.74, 6) is -0.179. The number of aliphatic hydroxyl groups is 1. The van der Waals surface area contributed by atoms with Crippen LogP contribution < -0.4 is 0 Å². The normalized spacial score (nSPS) is 34.8. The number of rotatable bonds is 3. The van der Waals surface area contributed by atoms with Gasteiger partial charge in [-0.3, -0.25) is 4.79 Å². The van der Waals surface area contributed by atoms with E-state index in [1.807, 2.05) is 0 Å². The van der Waals surface area contributed by atoms with Crippen LogP contribution in [-0.2, 0) is 14.3 Å². The molecular formula is C12H20O4. The van der Waals surface area contributed by atoms with E-state index in [-0.39, 0.29) is 12.2 Å². The Kier molecular flexibility index (Phi) is 4.08. The highest BCUT2D eigenvalue weighted by Gasteiger charge is 2.40. The number of esters is 1. The maximum absolute atomic E-state index is 10.9. The highest BCUT2D eigenvalue weighted by molar-refractivity contribution is 6.20. The molecule has 1 rings (SSSR count). The van der Waals surface area contributed by atoms with Gasteiger partial charge in [0.15, 0.2) is 0 Å². The van der Waals surface area contributed by atoms with Crippen molar-refractivity contribution in [1.29, 1.82) is 0 Å². The van der Waals surface area contributed by atoms with E-state index in [9.17, 15) is 14.7 Å². The van der Waals surface area contributed by atoms with Crippen LogP contribution in [0.2, 0.25) is 0 Å². The van der Waals surface area contributed by atoms with Gasteiger partial charge < -0.3 is 9.84 Å². The van der Waals surface area contributed by atoms with E-state index in [1.54, 1.807) is 6.92 Å². The van der Waals surface area contributed by atoms with Crippen LogP contribution in [0.5, 0.6) is 0 Å². The van der Waals surface area contributed by atoms with Crippen molar-refractivity contribution in [2.24, 2.45) is 11.8 Å². The third kappa shape index (κ3) is 3.04. The maximum Gasteiger partial charge on any atom is 0.371 e. The standard InChI is InChI=1S/C12H20O4/c1-8(2)9-4-5-12(3,6-10(9)14)16-11(15)7-13/h7-10,14H,4-6H2,1-3H3/t9-,10+,12+/m0/s1. The predicted octanol–water partition coefficient (Wildman–Crippen LogP) is 1.30. The second kappa shape index (κ2) is 4.95. The minimum absolute atomic E-state index is 0.173. The molecule has 1 aliphatic carbocycles. The fourth-order valence-electron chi connectivity index (χ4n) is 2.50. The Balaban J connectivity index is 2.61. The van der Waals surface area contributed by atoms with Crippen LogP contribution >= 0.6 is 0 Å². The largest absolute Gasteiger partial charge is 0.454 e. The summed E-state index contributed by atoms with van der Waals surface area (Å²) in [4.78, 5) is 21.2. The predicted molar refractivity (Wildman–Crippen MR) is 58.7 cm³/mol. The van der Waals surface area contributed by atoms with Gasteiger partial charge in [-0.2, -0.15) is 0 Å². The van der Waals surface area contributed by atoms with E-state index in [0.29, 0.717) is 18.8 Å². The number of aliphatic hydroxyl groups excluding tert-OH is 1. The molecule has 4 heteroatoms. The van der Waals surface area contributed by atoms with Gasteiger partial charge in [0.25, 0.3) is 0 Å². The highest BCUT2D eigenvalue weighted by Crippen LogP contribution is 2.37. The molecule has 1 saturated carbocycles. The minimum Gasteiger partial charge on any atom is -0.454 e. The minimum atomic E-state index is -0.849. The summed E-state index contributed by atoms with van der Waals surface area (Å²) in [5.41, 5.74) is -0.692. The Morgan fingerprint density at radius 3 is 2.62 bits per heavy atom. The van der Waals surface area contributed by atoms with Crippen LogP contribution in [0.4, 0.5) is 0 Å². The molecule has 0 saturated heterocycles.